The smallest absolute Gasteiger partial charge is 0.356 e. The van der Waals surface area contributed by atoms with E-state index in [1.165, 1.54) is 7.11 Å². The van der Waals surface area contributed by atoms with E-state index in [0.717, 1.165) is 12.8 Å². The summed E-state index contributed by atoms with van der Waals surface area (Å²) in [4.78, 5) is 30.4. The number of fused-ring (bicyclic) bond motifs is 1. The predicted molar refractivity (Wildman–Crippen MR) is 128 cm³/mol. The average Bonchev–Trinajstić information content (AvgIpc) is 3.38. The van der Waals surface area contributed by atoms with E-state index in [-0.39, 0.29) is 29.7 Å². The van der Waals surface area contributed by atoms with Crippen LogP contribution >= 0.6 is 0 Å². The van der Waals surface area contributed by atoms with Crippen LogP contribution in [0.1, 0.15) is 64.4 Å². The minimum atomic E-state index is -0.953. The second-order valence-electron chi connectivity index (χ2n) is 9.37. The Bertz CT molecular complexity index is 1000. The highest BCUT2D eigenvalue weighted by molar-refractivity contribution is 6.11. The number of hydrogen-bond donors (Lipinski definition) is 3. The van der Waals surface area contributed by atoms with Gasteiger partial charge in [-0.2, -0.15) is 0 Å². The normalized spacial score (nSPS) is 18.2. The molecule has 1 amide bonds. The molecule has 9 heteroatoms. The number of ether oxygens (including phenoxy) is 2. The van der Waals surface area contributed by atoms with Gasteiger partial charge >= 0.3 is 5.97 Å². The van der Waals surface area contributed by atoms with Gasteiger partial charge in [-0.05, 0) is 46.1 Å². The molecule has 0 aromatic carbocycles. The Hall–Kier alpha value is -2.65. The third-order valence-electron chi connectivity index (χ3n) is 6.44. The number of aromatic nitrogens is 2. The maximum atomic E-state index is 12.9. The van der Waals surface area contributed by atoms with Gasteiger partial charge in [0.1, 0.15) is 5.65 Å². The number of anilines is 2. The number of rotatable bonds is 9. The molecule has 182 valence electrons. The molecule has 0 spiro atoms. The summed E-state index contributed by atoms with van der Waals surface area (Å²) >= 11 is 0. The zero-order valence-electron chi connectivity index (χ0n) is 20.4. The Morgan fingerprint density at radius 2 is 2.12 bits per heavy atom. The second kappa shape index (κ2) is 10.1. The third kappa shape index (κ3) is 5.47. The molecule has 0 bridgehead atoms. The summed E-state index contributed by atoms with van der Waals surface area (Å²) < 4.78 is 12.7. The molecule has 3 rings (SSSR count). The fourth-order valence-electron chi connectivity index (χ4n) is 3.77. The largest absolute Gasteiger partial charge is 0.464 e. The van der Waals surface area contributed by atoms with Gasteiger partial charge in [0.25, 0.3) is 0 Å². The molecule has 2 aromatic heterocycles. The van der Waals surface area contributed by atoms with Crippen LogP contribution in [-0.4, -0.2) is 58.0 Å². The molecule has 1 aliphatic heterocycles. The summed E-state index contributed by atoms with van der Waals surface area (Å²) in [6.07, 6.45) is 4.14. The summed E-state index contributed by atoms with van der Waals surface area (Å²) in [5.74, 6) is -0.955. The highest BCUT2D eigenvalue weighted by atomic mass is 16.5. The van der Waals surface area contributed by atoms with Gasteiger partial charge < -0.3 is 29.8 Å². The Kier molecular flexibility index (Phi) is 7.64. The van der Waals surface area contributed by atoms with Crippen molar-refractivity contribution in [3.63, 3.8) is 0 Å². The van der Waals surface area contributed by atoms with Crippen LogP contribution in [0.25, 0.3) is 11.0 Å². The summed E-state index contributed by atoms with van der Waals surface area (Å²) in [7, 11) is 1.32. The zero-order chi connectivity index (χ0) is 24.3. The van der Waals surface area contributed by atoms with Crippen LogP contribution in [0.2, 0.25) is 0 Å². The number of carbonyl (C=O) groups is 2. The van der Waals surface area contributed by atoms with Gasteiger partial charge in [-0.3, -0.25) is 4.79 Å². The standard InChI is InChI=1S/C24H36N4O5/c1-7-14(2)22(29)27-19-18-11-16(26-15(3)24(4,5)31)12-25-21(18)28(20(19)23(30)32-6)13-17-9-8-10-33-17/h11-12,14-15,17,26,31H,7-10,13H2,1-6H3,(H,27,29)/t14-,15+,17+/m0/s1. The Morgan fingerprint density at radius 3 is 2.70 bits per heavy atom. The van der Waals surface area contributed by atoms with Crippen molar-refractivity contribution in [2.75, 3.05) is 24.4 Å². The van der Waals surface area contributed by atoms with Gasteiger partial charge in [0.15, 0.2) is 5.69 Å². The van der Waals surface area contributed by atoms with Crippen molar-refractivity contribution in [2.45, 2.75) is 78.2 Å². The van der Waals surface area contributed by atoms with Gasteiger partial charge in [-0.1, -0.05) is 13.8 Å². The van der Waals surface area contributed by atoms with Crippen LogP contribution in [0.4, 0.5) is 11.4 Å². The second-order valence-corrected chi connectivity index (χ2v) is 9.37. The van der Waals surface area contributed by atoms with E-state index < -0.39 is 11.6 Å². The number of carbonyl (C=O) groups excluding carboxylic acids is 2. The number of nitrogens with one attached hydrogen (secondary N) is 2. The van der Waals surface area contributed by atoms with Crippen LogP contribution in [-0.2, 0) is 20.8 Å². The van der Waals surface area contributed by atoms with E-state index in [9.17, 15) is 14.7 Å². The molecular weight excluding hydrogens is 424 g/mol. The molecule has 1 saturated heterocycles. The van der Waals surface area contributed by atoms with Crippen molar-refractivity contribution < 1.29 is 24.2 Å². The van der Waals surface area contributed by atoms with E-state index >= 15 is 0 Å². The number of aliphatic hydroxyl groups is 1. The van der Waals surface area contributed by atoms with Gasteiger partial charge in [0.2, 0.25) is 5.91 Å². The number of pyridine rings is 1. The molecule has 3 N–H and O–H groups in total. The highest BCUT2D eigenvalue weighted by Gasteiger charge is 2.30. The quantitative estimate of drug-likeness (QED) is 0.490. The lowest BCUT2D eigenvalue weighted by Gasteiger charge is -2.27. The molecule has 1 aliphatic rings. The first-order valence-corrected chi connectivity index (χ1v) is 11.6. The Labute approximate surface area is 194 Å². The van der Waals surface area contributed by atoms with Crippen LogP contribution in [0.3, 0.4) is 0 Å². The van der Waals surface area contributed by atoms with E-state index in [0.29, 0.717) is 42.0 Å². The molecule has 2 aromatic rings. The van der Waals surface area contributed by atoms with Crippen molar-refractivity contribution in [2.24, 2.45) is 5.92 Å². The van der Waals surface area contributed by atoms with E-state index in [2.05, 4.69) is 15.6 Å². The maximum absolute atomic E-state index is 12.9. The molecule has 0 unspecified atom stereocenters. The van der Waals surface area contributed by atoms with Gasteiger partial charge in [-0.15, -0.1) is 0 Å². The molecule has 33 heavy (non-hydrogen) atoms. The number of nitrogens with zero attached hydrogens (tertiary/aromatic N) is 2. The monoisotopic (exact) mass is 460 g/mol. The van der Waals surface area contributed by atoms with E-state index in [1.54, 1.807) is 24.6 Å². The van der Waals surface area contributed by atoms with Crippen molar-refractivity contribution in [1.29, 1.82) is 0 Å². The lowest BCUT2D eigenvalue weighted by atomic mass is 10.0. The Balaban J connectivity index is 2.15. The van der Waals surface area contributed by atoms with E-state index in [4.69, 9.17) is 9.47 Å². The lowest BCUT2D eigenvalue weighted by Crippen LogP contribution is -2.39. The molecule has 1 fully saturated rings. The molecule has 3 heterocycles. The van der Waals surface area contributed by atoms with Gasteiger partial charge in [0, 0.05) is 17.9 Å². The predicted octanol–water partition coefficient (Wildman–Crippen LogP) is 3.56. The van der Waals surface area contributed by atoms with Crippen molar-refractivity contribution in [1.82, 2.24) is 9.55 Å². The first kappa shape index (κ1) is 25.0. The highest BCUT2D eigenvalue weighted by Crippen LogP contribution is 2.34. The molecule has 3 atom stereocenters. The van der Waals surface area contributed by atoms with Crippen LogP contribution in [0, 0.1) is 5.92 Å². The summed E-state index contributed by atoms with van der Waals surface area (Å²) in [5.41, 5.74) is 0.909. The maximum Gasteiger partial charge on any atom is 0.356 e. The molecule has 0 radical (unpaired) electrons. The fourth-order valence-corrected chi connectivity index (χ4v) is 3.77. The van der Waals surface area contributed by atoms with Crippen LogP contribution in [0.5, 0.6) is 0 Å². The average molecular weight is 461 g/mol. The lowest BCUT2D eigenvalue weighted by molar-refractivity contribution is -0.119. The first-order chi connectivity index (χ1) is 15.6. The van der Waals surface area contributed by atoms with Crippen LogP contribution in [0.15, 0.2) is 12.3 Å². The fraction of sp³-hybridized carbons (Fsp3) is 0.625. The summed E-state index contributed by atoms with van der Waals surface area (Å²) in [6.45, 7) is 10.2. The first-order valence-electron chi connectivity index (χ1n) is 11.6. The minimum Gasteiger partial charge on any atom is -0.464 e. The number of hydrogen-bond acceptors (Lipinski definition) is 7. The van der Waals surface area contributed by atoms with E-state index in [1.807, 2.05) is 26.8 Å². The molecule has 9 nitrogen and oxygen atoms in total. The van der Waals surface area contributed by atoms with Crippen molar-refractivity contribution in [3.05, 3.63) is 18.0 Å². The minimum absolute atomic E-state index is 0.0445. The van der Waals surface area contributed by atoms with Crippen molar-refractivity contribution in [3.8, 4) is 0 Å². The Morgan fingerprint density at radius 1 is 1.39 bits per heavy atom. The molecule has 0 aliphatic carbocycles. The SMILES string of the molecule is CC[C@H](C)C(=O)Nc1c(C(=O)OC)n(C[C@H]2CCCO2)c2ncc(N[C@H](C)C(C)(C)O)cc12. The number of esters is 1. The summed E-state index contributed by atoms with van der Waals surface area (Å²) in [6, 6.07) is 1.58. The van der Waals surface area contributed by atoms with Gasteiger partial charge in [0.05, 0.1) is 49.0 Å². The zero-order valence-corrected chi connectivity index (χ0v) is 20.4. The molecule has 0 saturated carbocycles. The van der Waals surface area contributed by atoms with Crippen molar-refractivity contribution >= 4 is 34.3 Å². The van der Waals surface area contributed by atoms with Crippen LogP contribution < -0.4 is 10.6 Å². The summed E-state index contributed by atoms with van der Waals surface area (Å²) in [5, 5.41) is 17.2. The topological polar surface area (TPSA) is 115 Å². The third-order valence-corrected chi connectivity index (χ3v) is 6.44. The number of amides is 1. The van der Waals surface area contributed by atoms with Gasteiger partial charge in [-0.25, -0.2) is 9.78 Å². The molecular formula is C24H36N4O5. The number of methoxy groups -OCH3 is 1.